The standard InChI is InChI=1S/C31H33N3O5/c1-5-33(6-2)22-10-7-20(8-11-22)28-27(29(35)21-9-16-26-25(19-21)32(3)17-18-39-26)30(36)31(37)34(28)23-12-14-24(38-4)15-13-23/h7-16,19,28,35H,5-6,17-18H2,1-4H3/b29-27-. The Balaban J connectivity index is 1.66. The minimum Gasteiger partial charge on any atom is -0.507 e. The summed E-state index contributed by atoms with van der Waals surface area (Å²) in [5, 5.41) is 11.6. The number of hydrogen-bond acceptors (Lipinski definition) is 7. The Morgan fingerprint density at radius 3 is 2.36 bits per heavy atom. The fourth-order valence-corrected chi connectivity index (χ4v) is 5.27. The summed E-state index contributed by atoms with van der Waals surface area (Å²) in [7, 11) is 3.52. The van der Waals surface area contributed by atoms with Crippen molar-refractivity contribution >= 4 is 34.5 Å². The molecule has 0 radical (unpaired) electrons. The van der Waals surface area contributed by atoms with Crippen molar-refractivity contribution in [1.29, 1.82) is 0 Å². The highest BCUT2D eigenvalue weighted by Crippen LogP contribution is 2.44. The van der Waals surface area contributed by atoms with Gasteiger partial charge in [0.2, 0.25) is 0 Å². The normalized spacial score (nSPS) is 18.1. The summed E-state index contributed by atoms with van der Waals surface area (Å²) in [5.74, 6) is -0.302. The van der Waals surface area contributed by atoms with Crippen molar-refractivity contribution in [2.75, 3.05) is 55.1 Å². The van der Waals surface area contributed by atoms with Gasteiger partial charge in [0.1, 0.15) is 23.9 Å². The molecule has 1 atom stereocenters. The van der Waals surface area contributed by atoms with E-state index < -0.39 is 17.7 Å². The molecule has 2 aliphatic rings. The third kappa shape index (κ3) is 4.67. The summed E-state index contributed by atoms with van der Waals surface area (Å²) < 4.78 is 11.0. The second-order valence-electron chi connectivity index (χ2n) is 9.58. The number of benzene rings is 3. The third-order valence-corrected chi connectivity index (χ3v) is 7.46. The molecule has 8 heteroatoms. The number of aliphatic hydroxyl groups excluding tert-OH is 1. The highest BCUT2D eigenvalue weighted by Gasteiger charge is 2.47. The van der Waals surface area contributed by atoms with Crippen molar-refractivity contribution in [2.45, 2.75) is 19.9 Å². The van der Waals surface area contributed by atoms with E-state index >= 15 is 0 Å². The van der Waals surface area contributed by atoms with E-state index in [1.54, 1.807) is 49.6 Å². The molecule has 0 aromatic heterocycles. The molecule has 1 N–H and O–H groups in total. The van der Waals surface area contributed by atoms with Crippen molar-refractivity contribution in [2.24, 2.45) is 0 Å². The van der Waals surface area contributed by atoms with E-state index in [9.17, 15) is 14.7 Å². The Morgan fingerprint density at radius 2 is 1.72 bits per heavy atom. The number of ether oxygens (including phenoxy) is 2. The number of Topliss-reactive ketones (excluding diaryl/α,β-unsaturated/α-hetero) is 1. The number of fused-ring (bicyclic) bond motifs is 1. The van der Waals surface area contributed by atoms with E-state index in [1.807, 2.05) is 36.2 Å². The monoisotopic (exact) mass is 527 g/mol. The van der Waals surface area contributed by atoms with E-state index in [0.29, 0.717) is 35.9 Å². The molecule has 202 valence electrons. The number of methoxy groups -OCH3 is 1. The second kappa shape index (κ2) is 10.7. The van der Waals surface area contributed by atoms with Gasteiger partial charge in [-0.1, -0.05) is 12.1 Å². The van der Waals surface area contributed by atoms with Crippen LogP contribution in [-0.2, 0) is 9.59 Å². The molecule has 1 fully saturated rings. The molecule has 0 saturated carbocycles. The Labute approximate surface area is 228 Å². The van der Waals surface area contributed by atoms with Crippen LogP contribution in [-0.4, -0.2) is 57.2 Å². The number of carbonyl (C=O) groups excluding carboxylic acids is 2. The van der Waals surface area contributed by atoms with Crippen LogP contribution >= 0.6 is 0 Å². The zero-order chi connectivity index (χ0) is 27.7. The second-order valence-corrected chi connectivity index (χ2v) is 9.58. The van der Waals surface area contributed by atoms with Crippen LogP contribution in [0.25, 0.3) is 5.76 Å². The molecule has 0 spiro atoms. The van der Waals surface area contributed by atoms with Gasteiger partial charge in [0.25, 0.3) is 11.7 Å². The predicted octanol–water partition coefficient (Wildman–Crippen LogP) is 5.00. The smallest absolute Gasteiger partial charge is 0.300 e. The first kappa shape index (κ1) is 26.2. The molecule has 0 aliphatic carbocycles. The molecular weight excluding hydrogens is 494 g/mol. The van der Waals surface area contributed by atoms with Crippen molar-refractivity contribution in [3.8, 4) is 11.5 Å². The van der Waals surface area contributed by atoms with Crippen LogP contribution in [0.3, 0.4) is 0 Å². The first-order valence-corrected chi connectivity index (χ1v) is 13.2. The molecule has 8 nitrogen and oxygen atoms in total. The number of rotatable bonds is 7. The van der Waals surface area contributed by atoms with Crippen LogP contribution < -0.4 is 24.2 Å². The number of aliphatic hydroxyl groups is 1. The first-order chi connectivity index (χ1) is 18.9. The molecule has 1 amide bonds. The highest BCUT2D eigenvalue weighted by molar-refractivity contribution is 6.51. The number of anilines is 3. The Hall–Kier alpha value is -4.46. The van der Waals surface area contributed by atoms with Crippen LogP contribution in [0.2, 0.25) is 0 Å². The Morgan fingerprint density at radius 1 is 1.03 bits per heavy atom. The van der Waals surface area contributed by atoms with Crippen LogP contribution in [0.4, 0.5) is 17.1 Å². The molecule has 2 aliphatic heterocycles. The van der Waals surface area contributed by atoms with Gasteiger partial charge in [0.15, 0.2) is 0 Å². The maximum atomic E-state index is 13.6. The average Bonchev–Trinajstić information content (AvgIpc) is 3.23. The number of ketones is 1. The van der Waals surface area contributed by atoms with Gasteiger partial charge < -0.3 is 24.4 Å². The van der Waals surface area contributed by atoms with Gasteiger partial charge in [-0.3, -0.25) is 14.5 Å². The molecule has 39 heavy (non-hydrogen) atoms. The summed E-state index contributed by atoms with van der Waals surface area (Å²) in [6, 6.07) is 19.3. The van der Waals surface area contributed by atoms with Gasteiger partial charge in [-0.15, -0.1) is 0 Å². The average molecular weight is 528 g/mol. The summed E-state index contributed by atoms with van der Waals surface area (Å²) >= 11 is 0. The maximum absolute atomic E-state index is 13.6. The lowest BCUT2D eigenvalue weighted by Gasteiger charge is -2.28. The van der Waals surface area contributed by atoms with Gasteiger partial charge in [0, 0.05) is 37.1 Å². The van der Waals surface area contributed by atoms with Gasteiger partial charge in [-0.05, 0) is 74.0 Å². The summed E-state index contributed by atoms with van der Waals surface area (Å²) in [5.41, 5.74) is 3.61. The molecule has 3 aromatic carbocycles. The molecule has 2 heterocycles. The van der Waals surface area contributed by atoms with E-state index in [-0.39, 0.29) is 11.3 Å². The number of nitrogens with zero attached hydrogens (tertiary/aromatic N) is 3. The van der Waals surface area contributed by atoms with Crippen molar-refractivity contribution < 1.29 is 24.2 Å². The first-order valence-electron chi connectivity index (χ1n) is 13.2. The van der Waals surface area contributed by atoms with E-state index in [2.05, 4.69) is 18.7 Å². The summed E-state index contributed by atoms with van der Waals surface area (Å²) in [6.45, 7) is 7.19. The SMILES string of the molecule is CCN(CC)c1ccc(C2/C(=C(/O)c3ccc4c(c3)N(C)CCO4)C(=O)C(=O)N2c2ccc(OC)cc2)cc1. The Bertz CT molecular complexity index is 1410. The molecule has 5 rings (SSSR count). The minimum atomic E-state index is -0.811. The van der Waals surface area contributed by atoms with Gasteiger partial charge in [0.05, 0.1) is 31.0 Å². The van der Waals surface area contributed by atoms with Crippen LogP contribution in [0.1, 0.15) is 31.0 Å². The van der Waals surface area contributed by atoms with E-state index in [1.165, 1.54) is 4.90 Å². The Kier molecular flexibility index (Phi) is 7.19. The van der Waals surface area contributed by atoms with E-state index in [4.69, 9.17) is 9.47 Å². The predicted molar refractivity (Wildman–Crippen MR) is 153 cm³/mol. The van der Waals surface area contributed by atoms with Crippen molar-refractivity contribution in [3.63, 3.8) is 0 Å². The lowest BCUT2D eigenvalue weighted by Crippen LogP contribution is -2.29. The molecule has 0 bridgehead atoms. The van der Waals surface area contributed by atoms with Crippen molar-refractivity contribution in [3.05, 3.63) is 83.4 Å². The highest BCUT2D eigenvalue weighted by atomic mass is 16.5. The van der Waals surface area contributed by atoms with Crippen LogP contribution in [0, 0.1) is 0 Å². The zero-order valence-electron chi connectivity index (χ0n) is 22.7. The number of hydrogen-bond donors (Lipinski definition) is 1. The quantitative estimate of drug-likeness (QED) is 0.263. The molecule has 3 aromatic rings. The fraction of sp³-hybridized carbons (Fsp3) is 0.290. The minimum absolute atomic E-state index is 0.0470. The summed E-state index contributed by atoms with van der Waals surface area (Å²) in [6.07, 6.45) is 0. The number of carbonyl (C=O) groups is 2. The maximum Gasteiger partial charge on any atom is 0.300 e. The molecule has 1 saturated heterocycles. The summed E-state index contributed by atoms with van der Waals surface area (Å²) in [4.78, 5) is 32.8. The zero-order valence-corrected chi connectivity index (χ0v) is 22.7. The topological polar surface area (TPSA) is 82.5 Å². The van der Waals surface area contributed by atoms with Crippen LogP contribution in [0.15, 0.2) is 72.3 Å². The molecule has 1 unspecified atom stereocenters. The van der Waals surface area contributed by atoms with Crippen molar-refractivity contribution in [1.82, 2.24) is 0 Å². The van der Waals surface area contributed by atoms with E-state index in [0.717, 1.165) is 30.0 Å². The fourth-order valence-electron chi connectivity index (χ4n) is 5.27. The lowest BCUT2D eigenvalue weighted by atomic mass is 9.94. The number of likely N-dealkylation sites (N-methyl/N-ethyl adjacent to an activating group) is 1. The van der Waals surface area contributed by atoms with Crippen LogP contribution in [0.5, 0.6) is 11.5 Å². The van der Waals surface area contributed by atoms with Gasteiger partial charge in [-0.25, -0.2) is 0 Å². The lowest BCUT2D eigenvalue weighted by molar-refractivity contribution is -0.132. The van der Waals surface area contributed by atoms with Gasteiger partial charge >= 0.3 is 0 Å². The van der Waals surface area contributed by atoms with Gasteiger partial charge in [-0.2, -0.15) is 0 Å². The molecular formula is C31H33N3O5. The number of amides is 1. The largest absolute Gasteiger partial charge is 0.507 e. The third-order valence-electron chi connectivity index (χ3n) is 7.46.